The van der Waals surface area contributed by atoms with E-state index in [0.29, 0.717) is 6.61 Å². The first kappa shape index (κ1) is 16.4. The van der Waals surface area contributed by atoms with Gasteiger partial charge in [0, 0.05) is 0 Å². The van der Waals surface area contributed by atoms with Gasteiger partial charge in [-0.15, -0.1) is 0 Å². The highest BCUT2D eigenvalue weighted by molar-refractivity contribution is 5.31. The van der Waals surface area contributed by atoms with E-state index < -0.39 is 0 Å². The van der Waals surface area contributed by atoms with Gasteiger partial charge in [0.1, 0.15) is 24.2 Å². The van der Waals surface area contributed by atoms with Gasteiger partial charge in [-0.1, -0.05) is 50.6 Å². The molecule has 0 amide bonds. The summed E-state index contributed by atoms with van der Waals surface area (Å²) in [6.07, 6.45) is 0.00166. The zero-order chi connectivity index (χ0) is 16.2. The molecule has 1 unspecified atom stereocenters. The summed E-state index contributed by atoms with van der Waals surface area (Å²) in [4.78, 5) is 0. The first-order valence-corrected chi connectivity index (χ1v) is 7.81. The van der Waals surface area contributed by atoms with Crippen LogP contribution in [0.25, 0.3) is 0 Å². The smallest absolute Gasteiger partial charge is 0.130 e. The molecule has 0 spiro atoms. The van der Waals surface area contributed by atoms with E-state index >= 15 is 0 Å². The molecule has 0 radical (unpaired) electrons. The van der Waals surface area contributed by atoms with Crippen LogP contribution in [0.4, 0.5) is 0 Å². The summed E-state index contributed by atoms with van der Waals surface area (Å²) in [7, 11) is 0. The van der Waals surface area contributed by atoms with Crippen LogP contribution in [-0.4, -0.2) is 12.7 Å². The van der Waals surface area contributed by atoms with E-state index in [1.807, 2.05) is 43.3 Å². The number of rotatable bonds is 5. The zero-order valence-electron chi connectivity index (χ0n) is 14.2. The second-order valence-electron chi connectivity index (χ2n) is 6.83. The lowest BCUT2D eigenvalue weighted by atomic mass is 9.87. The Morgan fingerprint density at radius 1 is 0.864 bits per heavy atom. The minimum absolute atomic E-state index is 0.00166. The minimum atomic E-state index is 0.00166. The van der Waals surface area contributed by atoms with E-state index in [1.54, 1.807) is 0 Å². The fourth-order valence-corrected chi connectivity index (χ4v) is 2.15. The molecule has 2 aromatic carbocycles. The molecule has 2 aromatic rings. The molecular weight excluding hydrogens is 272 g/mol. The Kier molecular flexibility index (Phi) is 5.12. The maximum absolute atomic E-state index is 5.90. The van der Waals surface area contributed by atoms with Crippen LogP contribution in [0.2, 0.25) is 0 Å². The number of hydrogen-bond acceptors (Lipinski definition) is 2. The highest BCUT2D eigenvalue weighted by Crippen LogP contribution is 2.24. The quantitative estimate of drug-likeness (QED) is 0.761. The van der Waals surface area contributed by atoms with Crippen molar-refractivity contribution < 1.29 is 9.47 Å². The number of benzene rings is 2. The SMILES string of the molecule is Cc1ccc(OCC(C)Oc2ccc(C(C)(C)C)cc2)cc1. The molecule has 0 aliphatic carbocycles. The lowest BCUT2D eigenvalue weighted by Crippen LogP contribution is -2.21. The highest BCUT2D eigenvalue weighted by atomic mass is 16.5. The monoisotopic (exact) mass is 298 g/mol. The second-order valence-corrected chi connectivity index (χ2v) is 6.83. The predicted octanol–water partition coefficient (Wildman–Crippen LogP) is 5.14. The van der Waals surface area contributed by atoms with Crippen LogP contribution in [0.15, 0.2) is 48.5 Å². The van der Waals surface area contributed by atoms with E-state index in [1.165, 1.54) is 11.1 Å². The summed E-state index contributed by atoms with van der Waals surface area (Å²) in [6.45, 7) is 11.2. The third-order valence-corrected chi connectivity index (χ3v) is 3.56. The summed E-state index contributed by atoms with van der Waals surface area (Å²) >= 11 is 0. The Balaban J connectivity index is 1.86. The molecule has 0 saturated heterocycles. The van der Waals surface area contributed by atoms with Crippen LogP contribution in [-0.2, 0) is 5.41 Å². The second kappa shape index (κ2) is 6.87. The Labute approximate surface area is 134 Å². The van der Waals surface area contributed by atoms with Crippen LogP contribution < -0.4 is 9.47 Å². The van der Waals surface area contributed by atoms with Crippen LogP contribution in [0.1, 0.15) is 38.8 Å². The molecule has 0 N–H and O–H groups in total. The molecule has 2 rings (SSSR count). The van der Waals surface area contributed by atoms with E-state index in [4.69, 9.17) is 9.47 Å². The molecule has 0 fully saturated rings. The first-order valence-electron chi connectivity index (χ1n) is 7.81. The van der Waals surface area contributed by atoms with Gasteiger partial charge >= 0.3 is 0 Å². The molecule has 0 aromatic heterocycles. The molecule has 0 aliphatic rings. The highest BCUT2D eigenvalue weighted by Gasteiger charge is 2.13. The Hall–Kier alpha value is -1.96. The summed E-state index contributed by atoms with van der Waals surface area (Å²) in [6, 6.07) is 16.4. The standard InChI is InChI=1S/C20H26O2/c1-15-6-10-18(11-7-15)21-14-16(2)22-19-12-8-17(9-13-19)20(3,4)5/h6-13,16H,14H2,1-5H3. The molecule has 118 valence electrons. The van der Waals surface area contributed by atoms with Gasteiger partial charge in [-0.3, -0.25) is 0 Å². The molecular formula is C20H26O2. The average Bonchev–Trinajstić information content (AvgIpc) is 2.46. The summed E-state index contributed by atoms with van der Waals surface area (Å²) < 4.78 is 11.7. The normalized spacial score (nSPS) is 12.8. The van der Waals surface area contributed by atoms with Crippen molar-refractivity contribution in [1.29, 1.82) is 0 Å². The molecule has 0 bridgehead atoms. The third-order valence-electron chi connectivity index (χ3n) is 3.56. The molecule has 0 aliphatic heterocycles. The fourth-order valence-electron chi connectivity index (χ4n) is 2.15. The molecule has 22 heavy (non-hydrogen) atoms. The number of hydrogen-bond donors (Lipinski definition) is 0. The van der Waals surface area contributed by atoms with Crippen molar-refractivity contribution in [1.82, 2.24) is 0 Å². The van der Waals surface area contributed by atoms with Crippen LogP contribution in [0, 0.1) is 6.92 Å². The average molecular weight is 298 g/mol. The lowest BCUT2D eigenvalue weighted by Gasteiger charge is -2.20. The first-order chi connectivity index (χ1) is 10.3. The van der Waals surface area contributed by atoms with E-state index in [0.717, 1.165) is 11.5 Å². The van der Waals surface area contributed by atoms with E-state index in [2.05, 4.69) is 39.8 Å². The van der Waals surface area contributed by atoms with E-state index in [-0.39, 0.29) is 11.5 Å². The van der Waals surface area contributed by atoms with Crippen molar-refractivity contribution in [2.75, 3.05) is 6.61 Å². The molecule has 1 atom stereocenters. The van der Waals surface area contributed by atoms with Crippen molar-refractivity contribution >= 4 is 0 Å². The van der Waals surface area contributed by atoms with Crippen molar-refractivity contribution in [3.05, 3.63) is 59.7 Å². The van der Waals surface area contributed by atoms with Gasteiger partial charge in [0.25, 0.3) is 0 Å². The van der Waals surface area contributed by atoms with Crippen LogP contribution in [0.3, 0.4) is 0 Å². The number of ether oxygens (including phenoxy) is 2. The van der Waals surface area contributed by atoms with Gasteiger partial charge in [-0.2, -0.15) is 0 Å². The summed E-state index contributed by atoms with van der Waals surface area (Å²) in [5.74, 6) is 1.76. The molecule has 2 nitrogen and oxygen atoms in total. The van der Waals surface area contributed by atoms with Gasteiger partial charge in [0.05, 0.1) is 0 Å². The largest absolute Gasteiger partial charge is 0.490 e. The fraction of sp³-hybridized carbons (Fsp3) is 0.400. The maximum Gasteiger partial charge on any atom is 0.130 e. The summed E-state index contributed by atoms with van der Waals surface area (Å²) in [5.41, 5.74) is 2.71. The third kappa shape index (κ3) is 4.80. The van der Waals surface area contributed by atoms with Gasteiger partial charge in [0.2, 0.25) is 0 Å². The molecule has 2 heteroatoms. The molecule has 0 saturated carbocycles. The van der Waals surface area contributed by atoms with Crippen molar-refractivity contribution in [3.8, 4) is 11.5 Å². The lowest BCUT2D eigenvalue weighted by molar-refractivity contribution is 0.143. The Morgan fingerprint density at radius 2 is 1.41 bits per heavy atom. The van der Waals surface area contributed by atoms with Gasteiger partial charge < -0.3 is 9.47 Å². The van der Waals surface area contributed by atoms with Crippen LogP contribution >= 0.6 is 0 Å². The Morgan fingerprint density at radius 3 is 1.95 bits per heavy atom. The van der Waals surface area contributed by atoms with Crippen molar-refractivity contribution in [2.45, 2.75) is 46.1 Å². The van der Waals surface area contributed by atoms with E-state index in [9.17, 15) is 0 Å². The minimum Gasteiger partial charge on any atom is -0.490 e. The molecule has 0 heterocycles. The number of aryl methyl sites for hydroxylation is 1. The maximum atomic E-state index is 5.90. The van der Waals surface area contributed by atoms with Crippen molar-refractivity contribution in [3.63, 3.8) is 0 Å². The van der Waals surface area contributed by atoms with Crippen LogP contribution in [0.5, 0.6) is 11.5 Å². The van der Waals surface area contributed by atoms with Gasteiger partial charge in [-0.25, -0.2) is 0 Å². The van der Waals surface area contributed by atoms with Gasteiger partial charge in [-0.05, 0) is 49.1 Å². The van der Waals surface area contributed by atoms with Gasteiger partial charge in [0.15, 0.2) is 0 Å². The zero-order valence-corrected chi connectivity index (χ0v) is 14.2. The Bertz CT molecular complexity index is 577. The van der Waals surface area contributed by atoms with Crippen molar-refractivity contribution in [2.24, 2.45) is 0 Å². The predicted molar refractivity (Wildman–Crippen MR) is 91.9 cm³/mol. The topological polar surface area (TPSA) is 18.5 Å². The summed E-state index contributed by atoms with van der Waals surface area (Å²) in [5, 5.41) is 0.